The van der Waals surface area contributed by atoms with E-state index in [1.807, 2.05) is 25.1 Å². The third-order valence-corrected chi connectivity index (χ3v) is 8.72. The van der Waals surface area contributed by atoms with Gasteiger partial charge in [-0.05, 0) is 66.4 Å². The zero-order valence-electron chi connectivity index (χ0n) is 21.9. The van der Waals surface area contributed by atoms with E-state index in [-0.39, 0.29) is 5.91 Å². The SMILES string of the molecule is CCOc1cc([C@@H]2NC(=O)c3c(sc4c3CCN(Cc3ccccc3)C4)N2)ccc1OC(=O)c1ccc(Br)cc1. The monoisotopic (exact) mass is 617 g/mol. The molecule has 3 aromatic carbocycles. The first kappa shape index (κ1) is 26.6. The van der Waals surface area contributed by atoms with Crippen LogP contribution in [0, 0.1) is 0 Å². The number of nitrogens with one attached hydrogen (secondary N) is 2. The van der Waals surface area contributed by atoms with E-state index in [9.17, 15) is 9.59 Å². The fraction of sp³-hybridized carbons (Fsp3) is 0.226. The average molecular weight is 619 g/mol. The lowest BCUT2D eigenvalue weighted by Gasteiger charge is -2.29. The molecule has 2 aliphatic heterocycles. The molecule has 0 fully saturated rings. The molecule has 1 aromatic heterocycles. The molecule has 1 amide bonds. The van der Waals surface area contributed by atoms with E-state index in [0.717, 1.165) is 52.2 Å². The van der Waals surface area contributed by atoms with Crippen molar-refractivity contribution >= 4 is 44.1 Å². The summed E-state index contributed by atoms with van der Waals surface area (Å²) in [6.07, 6.45) is 0.414. The lowest BCUT2D eigenvalue weighted by molar-refractivity contribution is 0.0728. The van der Waals surface area contributed by atoms with Crippen LogP contribution in [0.2, 0.25) is 0 Å². The van der Waals surface area contributed by atoms with Crippen molar-refractivity contribution in [2.24, 2.45) is 0 Å². The first-order valence-corrected chi connectivity index (χ1v) is 14.8. The number of carbonyl (C=O) groups is 2. The van der Waals surface area contributed by atoms with E-state index in [4.69, 9.17) is 9.47 Å². The van der Waals surface area contributed by atoms with Gasteiger partial charge < -0.3 is 20.1 Å². The van der Waals surface area contributed by atoms with Crippen LogP contribution in [0.1, 0.15) is 55.4 Å². The van der Waals surface area contributed by atoms with Crippen molar-refractivity contribution in [3.8, 4) is 11.5 Å². The van der Waals surface area contributed by atoms with Gasteiger partial charge in [-0.2, -0.15) is 0 Å². The number of esters is 1. The molecular weight excluding hydrogens is 590 g/mol. The van der Waals surface area contributed by atoms with Gasteiger partial charge in [0.15, 0.2) is 11.5 Å². The Kier molecular flexibility index (Phi) is 7.60. The minimum Gasteiger partial charge on any atom is -0.490 e. The van der Waals surface area contributed by atoms with Gasteiger partial charge >= 0.3 is 5.97 Å². The third-order valence-electron chi connectivity index (χ3n) is 7.05. The van der Waals surface area contributed by atoms with Gasteiger partial charge in [0.25, 0.3) is 5.91 Å². The first-order chi connectivity index (χ1) is 19.5. The number of carbonyl (C=O) groups excluding carboxylic acids is 2. The molecule has 0 spiro atoms. The maximum Gasteiger partial charge on any atom is 0.343 e. The van der Waals surface area contributed by atoms with Crippen LogP contribution in [-0.2, 0) is 19.5 Å². The molecule has 7 nitrogen and oxygen atoms in total. The van der Waals surface area contributed by atoms with E-state index in [1.165, 1.54) is 10.4 Å². The molecule has 9 heteroatoms. The Labute approximate surface area is 245 Å². The summed E-state index contributed by atoms with van der Waals surface area (Å²) < 4.78 is 12.4. The van der Waals surface area contributed by atoms with Crippen LogP contribution in [0.25, 0.3) is 0 Å². The number of ether oxygens (including phenoxy) is 2. The maximum absolute atomic E-state index is 13.3. The molecule has 0 radical (unpaired) electrons. The molecule has 0 saturated carbocycles. The number of hydrogen-bond donors (Lipinski definition) is 2. The molecule has 0 unspecified atom stereocenters. The van der Waals surface area contributed by atoms with Crippen LogP contribution < -0.4 is 20.1 Å². The summed E-state index contributed by atoms with van der Waals surface area (Å²) in [7, 11) is 0. The second-order valence-corrected chi connectivity index (χ2v) is 11.8. The molecule has 204 valence electrons. The van der Waals surface area contributed by atoms with Crippen LogP contribution in [0.3, 0.4) is 0 Å². The Morgan fingerprint density at radius 3 is 2.62 bits per heavy atom. The van der Waals surface area contributed by atoms with Crippen molar-refractivity contribution in [2.45, 2.75) is 32.6 Å². The number of nitrogens with zero attached hydrogens (tertiary/aromatic N) is 1. The summed E-state index contributed by atoms with van der Waals surface area (Å²) in [5.41, 5.74) is 4.45. The van der Waals surface area contributed by atoms with Crippen LogP contribution in [0.5, 0.6) is 11.5 Å². The second kappa shape index (κ2) is 11.4. The van der Waals surface area contributed by atoms with Gasteiger partial charge in [0.2, 0.25) is 0 Å². The highest BCUT2D eigenvalue weighted by Crippen LogP contribution is 2.42. The fourth-order valence-electron chi connectivity index (χ4n) is 5.11. The zero-order chi connectivity index (χ0) is 27.6. The summed E-state index contributed by atoms with van der Waals surface area (Å²) >= 11 is 5.04. The Hall–Kier alpha value is -3.66. The number of fused-ring (bicyclic) bond motifs is 3. The molecular formula is C31H28BrN3O4S. The number of amides is 1. The van der Waals surface area contributed by atoms with E-state index in [1.54, 1.807) is 41.7 Å². The first-order valence-electron chi connectivity index (χ1n) is 13.2. The molecule has 1 atom stereocenters. The summed E-state index contributed by atoms with van der Waals surface area (Å²) in [6.45, 7) is 4.91. The van der Waals surface area contributed by atoms with Gasteiger partial charge in [0.1, 0.15) is 11.2 Å². The Morgan fingerprint density at radius 1 is 1.05 bits per heavy atom. The van der Waals surface area contributed by atoms with Crippen molar-refractivity contribution in [1.29, 1.82) is 0 Å². The third kappa shape index (κ3) is 5.50. The molecule has 0 saturated heterocycles. The van der Waals surface area contributed by atoms with Gasteiger partial charge in [-0.1, -0.05) is 52.3 Å². The highest BCUT2D eigenvalue weighted by molar-refractivity contribution is 9.10. The number of benzene rings is 3. The van der Waals surface area contributed by atoms with Crippen LogP contribution >= 0.6 is 27.3 Å². The minimum atomic E-state index is -0.472. The summed E-state index contributed by atoms with van der Waals surface area (Å²) in [4.78, 5) is 29.7. The van der Waals surface area contributed by atoms with E-state index >= 15 is 0 Å². The Morgan fingerprint density at radius 2 is 1.85 bits per heavy atom. The molecule has 3 heterocycles. The standard InChI is InChI=1S/C31H28BrN3O4S/c1-2-38-25-16-21(10-13-24(25)39-31(37)20-8-11-22(32)12-9-20)28-33-29(36)27-23-14-15-35(17-19-6-4-3-5-7-19)18-26(23)40-30(27)34-28/h3-13,16,28,34H,2,14-15,17-18H2,1H3,(H,33,36)/t28-/m1/s1. The average Bonchev–Trinajstić information content (AvgIpc) is 3.33. The van der Waals surface area contributed by atoms with Crippen LogP contribution in [0.15, 0.2) is 77.3 Å². The fourth-order valence-corrected chi connectivity index (χ4v) is 6.69. The quantitative estimate of drug-likeness (QED) is 0.181. The molecule has 6 rings (SSSR count). The predicted octanol–water partition coefficient (Wildman–Crippen LogP) is 6.54. The minimum absolute atomic E-state index is 0.0727. The molecule has 0 aliphatic carbocycles. The summed E-state index contributed by atoms with van der Waals surface area (Å²) in [5, 5.41) is 7.53. The smallest absolute Gasteiger partial charge is 0.343 e. The van der Waals surface area contributed by atoms with Crippen molar-refractivity contribution in [3.63, 3.8) is 0 Å². The van der Waals surface area contributed by atoms with Gasteiger partial charge in [-0.3, -0.25) is 9.69 Å². The largest absolute Gasteiger partial charge is 0.490 e. The lowest BCUT2D eigenvalue weighted by atomic mass is 10.00. The molecule has 2 aliphatic rings. The Bertz CT molecular complexity index is 1560. The zero-order valence-corrected chi connectivity index (χ0v) is 24.3. The van der Waals surface area contributed by atoms with Crippen molar-refractivity contribution in [3.05, 3.63) is 110 Å². The molecule has 2 N–H and O–H groups in total. The summed E-state index contributed by atoms with van der Waals surface area (Å²) in [6, 6.07) is 22.8. The number of thiophene rings is 1. The van der Waals surface area contributed by atoms with E-state index < -0.39 is 12.1 Å². The molecule has 4 aromatic rings. The van der Waals surface area contributed by atoms with Crippen LogP contribution in [0.4, 0.5) is 5.00 Å². The number of anilines is 1. The van der Waals surface area contributed by atoms with Gasteiger partial charge in [0, 0.05) is 29.0 Å². The van der Waals surface area contributed by atoms with E-state index in [0.29, 0.717) is 23.7 Å². The van der Waals surface area contributed by atoms with Crippen molar-refractivity contribution in [2.75, 3.05) is 18.5 Å². The predicted molar refractivity (Wildman–Crippen MR) is 159 cm³/mol. The normalized spacial score (nSPS) is 16.4. The highest BCUT2D eigenvalue weighted by Gasteiger charge is 2.33. The van der Waals surface area contributed by atoms with E-state index in [2.05, 4.69) is 55.7 Å². The number of rotatable bonds is 7. The van der Waals surface area contributed by atoms with Gasteiger partial charge in [-0.15, -0.1) is 11.3 Å². The van der Waals surface area contributed by atoms with Gasteiger partial charge in [0.05, 0.1) is 17.7 Å². The Balaban J connectivity index is 1.20. The molecule has 0 bridgehead atoms. The topological polar surface area (TPSA) is 79.9 Å². The van der Waals surface area contributed by atoms with Crippen molar-refractivity contribution in [1.82, 2.24) is 10.2 Å². The molecule has 40 heavy (non-hydrogen) atoms. The lowest BCUT2D eigenvalue weighted by Crippen LogP contribution is -2.38. The number of halogens is 1. The van der Waals surface area contributed by atoms with Gasteiger partial charge in [-0.25, -0.2) is 4.79 Å². The summed E-state index contributed by atoms with van der Waals surface area (Å²) in [5.74, 6) is 0.220. The second-order valence-electron chi connectivity index (χ2n) is 9.74. The van der Waals surface area contributed by atoms with Crippen LogP contribution in [-0.4, -0.2) is 29.9 Å². The highest BCUT2D eigenvalue weighted by atomic mass is 79.9. The number of hydrogen-bond acceptors (Lipinski definition) is 7. The van der Waals surface area contributed by atoms with Crippen molar-refractivity contribution < 1.29 is 19.1 Å². The maximum atomic E-state index is 13.3.